The van der Waals surface area contributed by atoms with Crippen LogP contribution in [0.4, 0.5) is 0 Å². The minimum atomic E-state index is -2.09. The van der Waals surface area contributed by atoms with Gasteiger partial charge in [-0.25, -0.2) is 0 Å². The number of halogens is 3. The smallest absolute Gasteiger partial charge is 0.244 e. The second-order valence-electron chi connectivity index (χ2n) is 7.44. The number of benzene rings is 2. The summed E-state index contributed by atoms with van der Waals surface area (Å²) in [5.41, 5.74) is -3.13. The molecule has 0 aromatic heterocycles. The van der Waals surface area contributed by atoms with Gasteiger partial charge in [0, 0.05) is 25.6 Å². The Kier molecular flexibility index (Phi) is 5.04. The van der Waals surface area contributed by atoms with Crippen molar-refractivity contribution in [3.05, 3.63) is 68.1 Å². The molecule has 6 nitrogen and oxygen atoms in total. The van der Waals surface area contributed by atoms with Gasteiger partial charge in [0.15, 0.2) is 5.41 Å². The predicted molar refractivity (Wildman–Crippen MR) is 116 cm³/mol. The van der Waals surface area contributed by atoms with E-state index in [1.165, 1.54) is 6.07 Å². The summed E-state index contributed by atoms with van der Waals surface area (Å²) < 4.78 is 13.2. The van der Waals surface area contributed by atoms with Crippen LogP contribution in [0.3, 0.4) is 0 Å². The van der Waals surface area contributed by atoms with E-state index in [0.717, 1.165) is 4.47 Å². The van der Waals surface area contributed by atoms with E-state index >= 15 is 0 Å². The molecule has 2 saturated heterocycles. The Morgan fingerprint density at radius 1 is 1.03 bits per heavy atom. The zero-order chi connectivity index (χ0) is 22.6. The van der Waals surface area contributed by atoms with Crippen molar-refractivity contribution in [3.63, 3.8) is 0 Å². The highest BCUT2D eigenvalue weighted by atomic mass is 79.9. The zero-order valence-electron chi connectivity index (χ0n) is 16.0. The first-order valence-corrected chi connectivity index (χ1v) is 10.7. The molecule has 1 N–H and O–H groups in total. The molecule has 2 aromatic rings. The van der Waals surface area contributed by atoms with E-state index < -0.39 is 34.5 Å². The quantitative estimate of drug-likeness (QED) is 0.537. The number of fused-ring (bicyclic) bond motifs is 2. The van der Waals surface area contributed by atoms with E-state index in [4.69, 9.17) is 38.1 Å². The summed E-state index contributed by atoms with van der Waals surface area (Å²) in [6, 6.07) is 17.7. The number of ether oxygens (including phenoxy) is 2. The van der Waals surface area contributed by atoms with Gasteiger partial charge in [0.05, 0.1) is 24.1 Å². The van der Waals surface area contributed by atoms with Crippen LogP contribution in [0.1, 0.15) is 24.2 Å². The maximum Gasteiger partial charge on any atom is 0.244 e. The number of nitriles is 3. The van der Waals surface area contributed by atoms with Crippen molar-refractivity contribution < 1.29 is 9.47 Å². The molecule has 0 radical (unpaired) electrons. The molecule has 4 atom stereocenters. The maximum atomic E-state index is 10.3. The largest absolute Gasteiger partial charge is 0.443 e. The lowest BCUT2D eigenvalue weighted by Crippen LogP contribution is -2.57. The van der Waals surface area contributed by atoms with Crippen LogP contribution < -0.4 is 0 Å². The Morgan fingerprint density at radius 2 is 1.68 bits per heavy atom. The molecule has 2 aromatic carbocycles. The van der Waals surface area contributed by atoms with E-state index in [1.807, 2.05) is 12.1 Å². The third kappa shape index (κ3) is 2.60. The molecule has 0 spiro atoms. The molecular formula is C22H13BrCl2N4O2. The standard InChI is InChI=1S/C22H13BrCl2N4O2/c1-12-21(11-28)19(29)31-22(12,13-2-4-14(23)5-3-13)30-18(20(21,9-26)10-27)16-7-6-15(24)8-17(16)25/h2-8,12,18,29H,1H3. The molecule has 0 saturated carbocycles. The van der Waals surface area contributed by atoms with Crippen molar-refractivity contribution in [3.8, 4) is 18.2 Å². The highest BCUT2D eigenvalue weighted by Crippen LogP contribution is 2.69. The van der Waals surface area contributed by atoms with Gasteiger partial charge in [-0.05, 0) is 24.3 Å². The summed E-state index contributed by atoms with van der Waals surface area (Å²) in [5.74, 6) is -2.90. The maximum absolute atomic E-state index is 10.3. The number of hydrogen-bond acceptors (Lipinski definition) is 6. The summed E-state index contributed by atoms with van der Waals surface area (Å²) in [6.07, 6.45) is -1.28. The second kappa shape index (κ2) is 7.23. The second-order valence-corrected chi connectivity index (χ2v) is 9.20. The van der Waals surface area contributed by atoms with Crippen molar-refractivity contribution in [2.45, 2.75) is 18.8 Å². The fourth-order valence-corrected chi connectivity index (χ4v) is 5.32. The highest BCUT2D eigenvalue weighted by Gasteiger charge is 2.79. The zero-order valence-corrected chi connectivity index (χ0v) is 19.1. The Bertz CT molecular complexity index is 1220. The van der Waals surface area contributed by atoms with E-state index in [1.54, 1.807) is 43.3 Å². The predicted octanol–water partition coefficient (Wildman–Crippen LogP) is 5.87. The number of nitrogens with zero attached hydrogens (tertiary/aromatic N) is 3. The fraction of sp³-hybridized carbons (Fsp3) is 0.273. The number of rotatable bonds is 2. The van der Waals surface area contributed by atoms with Crippen LogP contribution >= 0.6 is 39.1 Å². The summed E-state index contributed by atoms with van der Waals surface area (Å²) in [5, 5.41) is 39.9. The average Bonchev–Trinajstić information content (AvgIpc) is 2.91. The lowest BCUT2D eigenvalue weighted by atomic mass is 9.53. The first-order valence-electron chi connectivity index (χ1n) is 9.13. The molecule has 2 aliphatic heterocycles. The summed E-state index contributed by atoms with van der Waals surface area (Å²) in [7, 11) is 0. The van der Waals surface area contributed by atoms with E-state index in [0.29, 0.717) is 16.1 Å². The minimum Gasteiger partial charge on any atom is -0.443 e. The molecular weight excluding hydrogens is 503 g/mol. The first kappa shape index (κ1) is 21.6. The van der Waals surface area contributed by atoms with Gasteiger partial charge >= 0.3 is 0 Å². The van der Waals surface area contributed by atoms with Crippen LogP contribution in [-0.2, 0) is 15.3 Å². The summed E-state index contributed by atoms with van der Waals surface area (Å²) >= 11 is 15.8. The third-order valence-corrected chi connectivity index (χ3v) is 7.25. The van der Waals surface area contributed by atoms with E-state index in [9.17, 15) is 15.8 Å². The Hall–Kier alpha value is -2.60. The minimum absolute atomic E-state index is 0.173. The SMILES string of the molecule is CC1C2(c3ccc(Br)cc3)OC(=N)C1(C#N)C(C#N)(C#N)C(c1ccc(Cl)cc1Cl)O2. The average molecular weight is 516 g/mol. The molecule has 4 rings (SSSR count). The van der Waals surface area contributed by atoms with Gasteiger partial charge in [0.1, 0.15) is 6.10 Å². The van der Waals surface area contributed by atoms with E-state index in [2.05, 4.69) is 22.0 Å². The van der Waals surface area contributed by atoms with Crippen molar-refractivity contribution in [1.29, 1.82) is 21.2 Å². The molecule has 31 heavy (non-hydrogen) atoms. The third-order valence-electron chi connectivity index (χ3n) is 6.16. The van der Waals surface area contributed by atoms with Gasteiger partial charge in [0.25, 0.3) is 0 Å². The van der Waals surface area contributed by atoms with E-state index in [-0.39, 0.29) is 5.02 Å². The number of hydrogen-bond donors (Lipinski definition) is 1. The van der Waals surface area contributed by atoms with Gasteiger partial charge in [-0.15, -0.1) is 0 Å². The van der Waals surface area contributed by atoms with Gasteiger partial charge in [-0.3, -0.25) is 5.41 Å². The summed E-state index contributed by atoms with van der Waals surface area (Å²) in [4.78, 5) is 0. The molecule has 2 bridgehead atoms. The molecule has 0 amide bonds. The first-order chi connectivity index (χ1) is 14.7. The Morgan fingerprint density at radius 3 is 2.23 bits per heavy atom. The Balaban J connectivity index is 2.06. The van der Waals surface area contributed by atoms with Crippen LogP contribution in [0.25, 0.3) is 0 Å². The highest BCUT2D eigenvalue weighted by molar-refractivity contribution is 9.10. The van der Waals surface area contributed by atoms with Crippen LogP contribution in [0, 0.1) is 56.2 Å². The van der Waals surface area contributed by atoms with Crippen molar-refractivity contribution in [2.75, 3.05) is 0 Å². The van der Waals surface area contributed by atoms with Crippen molar-refractivity contribution in [2.24, 2.45) is 16.7 Å². The van der Waals surface area contributed by atoms with Gasteiger partial charge in [0.2, 0.25) is 17.1 Å². The van der Waals surface area contributed by atoms with Crippen molar-refractivity contribution >= 4 is 45.0 Å². The van der Waals surface area contributed by atoms with Crippen LogP contribution in [0.2, 0.25) is 10.0 Å². The lowest BCUT2D eigenvalue weighted by molar-refractivity contribution is -0.288. The molecule has 2 fully saturated rings. The molecule has 0 aliphatic carbocycles. The van der Waals surface area contributed by atoms with Gasteiger partial charge in [-0.1, -0.05) is 64.3 Å². The topological polar surface area (TPSA) is 114 Å². The van der Waals surface area contributed by atoms with Crippen LogP contribution in [-0.4, -0.2) is 5.90 Å². The monoisotopic (exact) mass is 514 g/mol. The fourth-order valence-electron chi connectivity index (χ4n) is 4.54. The van der Waals surface area contributed by atoms with Crippen molar-refractivity contribution in [1.82, 2.24) is 0 Å². The molecule has 9 heteroatoms. The molecule has 2 aliphatic rings. The van der Waals surface area contributed by atoms with Gasteiger partial charge < -0.3 is 9.47 Å². The molecule has 154 valence electrons. The Labute approximate surface area is 197 Å². The van der Waals surface area contributed by atoms with Crippen LogP contribution in [0.15, 0.2) is 46.9 Å². The molecule has 2 heterocycles. The normalized spacial score (nSPS) is 30.5. The lowest BCUT2D eigenvalue weighted by Gasteiger charge is -2.49. The number of nitrogens with one attached hydrogen (secondary N) is 1. The van der Waals surface area contributed by atoms with Gasteiger partial charge in [-0.2, -0.15) is 15.8 Å². The summed E-state index contributed by atoms with van der Waals surface area (Å²) in [6.45, 7) is 1.65. The molecule has 4 unspecified atom stereocenters. The van der Waals surface area contributed by atoms with Crippen LogP contribution in [0.5, 0.6) is 0 Å².